The van der Waals surface area contributed by atoms with Gasteiger partial charge in [0.25, 0.3) is 0 Å². The van der Waals surface area contributed by atoms with E-state index in [0.717, 1.165) is 5.82 Å². The molecule has 0 bridgehead atoms. The number of aromatic nitrogens is 3. The average Bonchev–Trinajstić information content (AvgIpc) is 2.13. The standard InChI is InChI=1S/C6H13N4/c1-5(2)10-4-9(7)6(3)8-10/h4-5H,7H2,1-3H3/q+1/p+1. The molecule has 0 amide bonds. The summed E-state index contributed by atoms with van der Waals surface area (Å²) < 4.78 is 3.52. The Morgan fingerprint density at radius 3 is 2.40 bits per heavy atom. The topological polar surface area (TPSA) is 49.6 Å². The molecule has 0 aliphatic heterocycles. The number of rotatable bonds is 1. The van der Waals surface area contributed by atoms with Gasteiger partial charge in [0, 0.05) is 20.8 Å². The van der Waals surface area contributed by atoms with Crippen LogP contribution >= 0.6 is 0 Å². The first-order chi connectivity index (χ1) is 4.61. The minimum atomic E-state index is 0.434. The minimum absolute atomic E-state index is 0.434. The summed E-state index contributed by atoms with van der Waals surface area (Å²) in [5.41, 5.74) is 0. The van der Waals surface area contributed by atoms with E-state index in [1.54, 1.807) is 4.68 Å². The molecule has 0 spiro atoms. The van der Waals surface area contributed by atoms with Crippen LogP contribution in [0.1, 0.15) is 25.7 Å². The van der Waals surface area contributed by atoms with E-state index in [1.165, 1.54) is 0 Å². The zero-order valence-electron chi connectivity index (χ0n) is 6.63. The van der Waals surface area contributed by atoms with Crippen LogP contribution in [0.3, 0.4) is 0 Å². The number of hydrogen-bond donors (Lipinski definition) is 2. The first-order valence-corrected chi connectivity index (χ1v) is 3.38. The Balaban J connectivity index is 2.98. The Hall–Kier alpha value is -1.06. The number of nitrogens with zero attached hydrogens (tertiary/aromatic N) is 2. The van der Waals surface area contributed by atoms with Crippen molar-refractivity contribution in [2.75, 3.05) is 5.84 Å². The fourth-order valence-corrected chi connectivity index (χ4v) is 0.756. The van der Waals surface area contributed by atoms with Crippen molar-refractivity contribution in [2.24, 2.45) is 0 Å². The molecular formula is C6H14N4+2. The Morgan fingerprint density at radius 2 is 2.20 bits per heavy atom. The maximum Gasteiger partial charge on any atom is 0.460 e. The number of H-pyrrole nitrogens is 1. The van der Waals surface area contributed by atoms with Gasteiger partial charge >= 0.3 is 12.2 Å². The molecule has 10 heavy (non-hydrogen) atoms. The number of nitrogens with one attached hydrogen (secondary N) is 1. The fraction of sp³-hybridized carbons (Fsp3) is 0.667. The molecule has 4 nitrogen and oxygen atoms in total. The third-order valence-corrected chi connectivity index (χ3v) is 1.48. The average molecular weight is 142 g/mol. The van der Waals surface area contributed by atoms with Crippen LogP contribution in [-0.4, -0.2) is 5.10 Å². The third kappa shape index (κ3) is 1.10. The van der Waals surface area contributed by atoms with E-state index in [-0.39, 0.29) is 0 Å². The summed E-state index contributed by atoms with van der Waals surface area (Å²) in [6, 6.07) is 0.434. The van der Waals surface area contributed by atoms with Crippen LogP contribution in [0.2, 0.25) is 0 Å². The molecule has 0 saturated carbocycles. The molecule has 0 atom stereocenters. The van der Waals surface area contributed by atoms with Gasteiger partial charge in [-0.1, -0.05) is 0 Å². The van der Waals surface area contributed by atoms with Gasteiger partial charge in [-0.15, -0.1) is 5.10 Å². The molecule has 56 valence electrons. The smallest absolute Gasteiger partial charge is 0.199 e. The van der Waals surface area contributed by atoms with Crippen LogP contribution in [0.4, 0.5) is 0 Å². The quantitative estimate of drug-likeness (QED) is 0.391. The zero-order chi connectivity index (χ0) is 7.72. The molecule has 1 heterocycles. The first-order valence-electron chi connectivity index (χ1n) is 3.38. The van der Waals surface area contributed by atoms with Crippen LogP contribution in [-0.2, 0) is 0 Å². The van der Waals surface area contributed by atoms with Gasteiger partial charge in [0.2, 0.25) is 0 Å². The normalized spacial score (nSPS) is 10.8. The van der Waals surface area contributed by atoms with Crippen LogP contribution in [0.25, 0.3) is 0 Å². The molecule has 3 N–H and O–H groups in total. The molecule has 0 aliphatic rings. The van der Waals surface area contributed by atoms with E-state index in [9.17, 15) is 0 Å². The molecule has 4 heteroatoms. The number of hydrogen-bond acceptors (Lipinski definition) is 1. The highest BCUT2D eigenvalue weighted by Gasteiger charge is 2.17. The van der Waals surface area contributed by atoms with Gasteiger partial charge in [-0.3, -0.25) is 0 Å². The summed E-state index contributed by atoms with van der Waals surface area (Å²) in [5, 5.41) is 3.10. The van der Waals surface area contributed by atoms with Gasteiger partial charge in [-0.2, -0.15) is 5.84 Å². The molecule has 1 aromatic heterocycles. The molecule has 0 aromatic carbocycles. The fourth-order valence-electron chi connectivity index (χ4n) is 0.756. The molecule has 0 radical (unpaired) electrons. The summed E-state index contributed by atoms with van der Waals surface area (Å²) in [6.07, 6.45) is 1.83. The maximum atomic E-state index is 5.54. The largest absolute Gasteiger partial charge is 0.460 e. The lowest BCUT2D eigenvalue weighted by atomic mass is 10.4. The summed E-state index contributed by atoms with van der Waals surface area (Å²) in [6.45, 7) is 6.12. The molecule has 1 aromatic rings. The predicted molar refractivity (Wildman–Crippen MR) is 36.5 cm³/mol. The van der Waals surface area contributed by atoms with Crippen molar-refractivity contribution in [3.63, 3.8) is 0 Å². The number of nitrogen functional groups attached to an aromatic ring is 1. The lowest BCUT2D eigenvalue weighted by molar-refractivity contribution is -0.813. The van der Waals surface area contributed by atoms with E-state index in [0.29, 0.717) is 6.04 Å². The predicted octanol–water partition coefficient (Wildman–Crippen LogP) is -0.807. The molecular weight excluding hydrogens is 128 g/mol. The van der Waals surface area contributed by atoms with Crippen molar-refractivity contribution >= 4 is 0 Å². The maximum absolute atomic E-state index is 5.54. The first kappa shape index (κ1) is 7.05. The Kier molecular flexibility index (Phi) is 1.61. The zero-order valence-corrected chi connectivity index (χ0v) is 6.63. The van der Waals surface area contributed by atoms with Gasteiger partial charge < -0.3 is 0 Å². The number of nitrogens with two attached hydrogens (primary N) is 1. The van der Waals surface area contributed by atoms with Crippen molar-refractivity contribution < 1.29 is 9.36 Å². The second kappa shape index (κ2) is 2.28. The van der Waals surface area contributed by atoms with E-state index < -0.39 is 0 Å². The lowest BCUT2D eigenvalue weighted by Gasteiger charge is -1.86. The van der Waals surface area contributed by atoms with E-state index in [1.807, 2.05) is 17.9 Å². The van der Waals surface area contributed by atoms with Crippen LogP contribution < -0.4 is 15.2 Å². The lowest BCUT2D eigenvalue weighted by Crippen LogP contribution is -2.48. The van der Waals surface area contributed by atoms with E-state index >= 15 is 0 Å². The number of aryl methyl sites for hydroxylation is 1. The summed E-state index contributed by atoms with van der Waals surface area (Å²) >= 11 is 0. The van der Waals surface area contributed by atoms with Gasteiger partial charge in [0.1, 0.15) is 0 Å². The van der Waals surface area contributed by atoms with E-state index in [4.69, 9.17) is 5.84 Å². The van der Waals surface area contributed by atoms with Gasteiger partial charge in [-0.05, 0) is 9.36 Å². The Morgan fingerprint density at radius 1 is 1.60 bits per heavy atom. The second-order valence-corrected chi connectivity index (χ2v) is 2.72. The van der Waals surface area contributed by atoms with Crippen molar-refractivity contribution in [3.8, 4) is 0 Å². The molecule has 0 unspecified atom stereocenters. The Labute approximate surface area is 60.2 Å². The van der Waals surface area contributed by atoms with Crippen LogP contribution in [0, 0.1) is 6.92 Å². The number of aromatic amines is 1. The van der Waals surface area contributed by atoms with Crippen LogP contribution in [0.5, 0.6) is 0 Å². The monoisotopic (exact) mass is 142 g/mol. The highest BCUT2D eigenvalue weighted by atomic mass is 15.5. The SMILES string of the molecule is Cc1[nH][n+](C(C)C)c[n+]1N. The summed E-state index contributed by atoms with van der Waals surface area (Å²) in [5.74, 6) is 6.50. The summed E-state index contributed by atoms with van der Waals surface area (Å²) in [7, 11) is 0. The highest BCUT2D eigenvalue weighted by molar-refractivity contribution is 4.54. The van der Waals surface area contributed by atoms with Crippen molar-refractivity contribution in [3.05, 3.63) is 12.2 Å². The highest BCUT2D eigenvalue weighted by Crippen LogP contribution is 1.85. The molecule has 1 rings (SSSR count). The van der Waals surface area contributed by atoms with E-state index in [2.05, 4.69) is 18.9 Å². The Bertz CT molecular complexity index is 206. The minimum Gasteiger partial charge on any atom is -0.199 e. The van der Waals surface area contributed by atoms with Gasteiger partial charge in [0.05, 0.1) is 0 Å². The van der Waals surface area contributed by atoms with Crippen molar-refractivity contribution in [2.45, 2.75) is 26.8 Å². The van der Waals surface area contributed by atoms with Crippen molar-refractivity contribution in [1.82, 2.24) is 5.10 Å². The van der Waals surface area contributed by atoms with Crippen LogP contribution in [0.15, 0.2) is 6.33 Å². The van der Waals surface area contributed by atoms with Gasteiger partial charge in [0.15, 0.2) is 6.04 Å². The molecule has 0 fully saturated rings. The third-order valence-electron chi connectivity index (χ3n) is 1.48. The van der Waals surface area contributed by atoms with Crippen molar-refractivity contribution in [1.29, 1.82) is 0 Å². The van der Waals surface area contributed by atoms with Gasteiger partial charge in [-0.25, -0.2) is 0 Å². The molecule has 0 saturated heterocycles. The molecule has 0 aliphatic carbocycles. The summed E-state index contributed by atoms with van der Waals surface area (Å²) in [4.78, 5) is 0. The second-order valence-electron chi connectivity index (χ2n) is 2.72.